The van der Waals surface area contributed by atoms with Gasteiger partial charge >= 0.3 is 0 Å². The van der Waals surface area contributed by atoms with Crippen molar-refractivity contribution in [3.63, 3.8) is 0 Å². The molecule has 1 aromatic heterocycles. The summed E-state index contributed by atoms with van der Waals surface area (Å²) in [6, 6.07) is 19.8. The summed E-state index contributed by atoms with van der Waals surface area (Å²) in [5.41, 5.74) is 12.9. The normalized spacial score (nSPS) is 15.3. The van der Waals surface area contributed by atoms with Gasteiger partial charge in [-0.3, -0.25) is 14.6 Å². The second-order valence-electron chi connectivity index (χ2n) is 12.9. The third kappa shape index (κ3) is 11.7. The minimum Gasteiger partial charge on any atom is -0.383 e. The Morgan fingerprint density at radius 3 is 2.34 bits per heavy atom. The molecule has 1 aliphatic rings. The first-order valence-electron chi connectivity index (χ1n) is 15.5. The maximum Gasteiger partial charge on any atom is 0.211 e. The number of amides is 1. The van der Waals surface area contributed by atoms with Crippen LogP contribution in [-0.4, -0.2) is 64.9 Å². The van der Waals surface area contributed by atoms with Crippen LogP contribution in [0.5, 0.6) is 0 Å². The third-order valence-electron chi connectivity index (χ3n) is 7.27. The van der Waals surface area contributed by atoms with Crippen LogP contribution in [-0.2, 0) is 16.1 Å². The van der Waals surface area contributed by atoms with Gasteiger partial charge in [-0.15, -0.1) is 0 Å². The molecular weight excluding hydrogens is 588 g/mol. The largest absolute Gasteiger partial charge is 0.383 e. The van der Waals surface area contributed by atoms with Crippen molar-refractivity contribution in [3.8, 4) is 11.1 Å². The van der Waals surface area contributed by atoms with E-state index in [2.05, 4.69) is 84.4 Å². The lowest BCUT2D eigenvalue weighted by atomic mass is 9.81. The number of carbonyl (C=O) groups is 2. The zero-order chi connectivity index (χ0) is 34.6. The number of allylic oxidation sites excluding steroid dienone is 1. The highest BCUT2D eigenvalue weighted by molar-refractivity contribution is 5.83. The minimum atomic E-state index is -0.0826. The second-order valence-corrected chi connectivity index (χ2v) is 12.9. The van der Waals surface area contributed by atoms with Crippen LogP contribution >= 0.6 is 0 Å². The zero-order valence-electron chi connectivity index (χ0n) is 28.6. The molecule has 10 nitrogen and oxygen atoms in total. The van der Waals surface area contributed by atoms with Crippen LogP contribution in [0.1, 0.15) is 59.1 Å². The molecule has 248 valence electrons. The van der Waals surface area contributed by atoms with E-state index in [0.717, 1.165) is 35.1 Å². The Hall–Kier alpha value is -5.09. The fourth-order valence-corrected chi connectivity index (χ4v) is 5.64. The van der Waals surface area contributed by atoms with Crippen molar-refractivity contribution < 1.29 is 9.59 Å². The van der Waals surface area contributed by atoms with E-state index in [0.29, 0.717) is 36.9 Å². The van der Waals surface area contributed by atoms with Gasteiger partial charge in [0.05, 0.1) is 0 Å². The molecule has 0 radical (unpaired) electrons. The maximum atomic E-state index is 10.8. The number of aldehydes is 1. The first kappa shape index (κ1) is 36.4. The molecule has 0 fully saturated rings. The second kappa shape index (κ2) is 16.5. The number of aliphatic imine (C=N–C) groups is 1. The number of nitrogen functional groups attached to an aromatic ring is 1. The molecular formula is C37H48N8O2. The number of amidine groups is 1. The summed E-state index contributed by atoms with van der Waals surface area (Å²) < 4.78 is 0. The van der Waals surface area contributed by atoms with Crippen molar-refractivity contribution >= 4 is 42.3 Å². The van der Waals surface area contributed by atoms with Crippen molar-refractivity contribution in [1.29, 1.82) is 0 Å². The van der Waals surface area contributed by atoms with Crippen LogP contribution in [0, 0.1) is 0 Å². The van der Waals surface area contributed by atoms with Gasteiger partial charge in [0, 0.05) is 53.9 Å². The van der Waals surface area contributed by atoms with Gasteiger partial charge in [0.1, 0.15) is 24.6 Å². The number of pyridine rings is 1. The van der Waals surface area contributed by atoms with Crippen LogP contribution < -0.4 is 16.4 Å². The lowest BCUT2D eigenvalue weighted by molar-refractivity contribution is -0.106. The number of hydrogen-bond donors (Lipinski definition) is 3. The fourth-order valence-electron chi connectivity index (χ4n) is 5.64. The highest BCUT2D eigenvalue weighted by Crippen LogP contribution is 2.36. The lowest BCUT2D eigenvalue weighted by Gasteiger charge is -2.41. The van der Waals surface area contributed by atoms with E-state index in [1.54, 1.807) is 18.9 Å². The number of nitrogens with two attached hydrogens (primary N) is 1. The van der Waals surface area contributed by atoms with Crippen molar-refractivity contribution in [1.82, 2.24) is 20.2 Å². The molecule has 10 heteroatoms. The number of carbonyl (C=O) groups excluding carboxylic acids is 2. The van der Waals surface area contributed by atoms with Crippen LogP contribution in [0.4, 0.5) is 11.5 Å². The van der Waals surface area contributed by atoms with Crippen LogP contribution in [0.15, 0.2) is 94.8 Å². The molecule has 1 amide bonds. The van der Waals surface area contributed by atoms with Crippen LogP contribution in [0.3, 0.4) is 0 Å². The maximum absolute atomic E-state index is 10.8. The van der Waals surface area contributed by atoms with E-state index >= 15 is 0 Å². The molecule has 0 aliphatic carbocycles. The lowest BCUT2D eigenvalue weighted by Crippen LogP contribution is -2.53. The van der Waals surface area contributed by atoms with E-state index in [1.807, 2.05) is 66.8 Å². The molecule has 0 unspecified atom stereocenters. The van der Waals surface area contributed by atoms with Gasteiger partial charge in [-0.2, -0.15) is 5.10 Å². The van der Waals surface area contributed by atoms with E-state index in [4.69, 9.17) is 5.73 Å². The fraction of sp³-hybridized carbons (Fsp3) is 0.324. The summed E-state index contributed by atoms with van der Waals surface area (Å²) in [6.07, 6.45) is 8.39. The molecule has 0 spiro atoms. The Bertz CT molecular complexity index is 1610. The average Bonchev–Trinajstić information content (AvgIpc) is 3.01. The summed E-state index contributed by atoms with van der Waals surface area (Å²) in [6.45, 7) is 17.1. The summed E-state index contributed by atoms with van der Waals surface area (Å²) in [5.74, 6) is 1.10. The quantitative estimate of drug-likeness (QED) is 0.0559. The first-order valence-corrected chi connectivity index (χ1v) is 15.5. The van der Waals surface area contributed by atoms with Crippen molar-refractivity contribution in [2.75, 3.05) is 24.8 Å². The van der Waals surface area contributed by atoms with Crippen molar-refractivity contribution in [3.05, 3.63) is 95.8 Å². The van der Waals surface area contributed by atoms with Crippen molar-refractivity contribution in [2.45, 2.75) is 65.6 Å². The van der Waals surface area contributed by atoms with E-state index in [1.165, 1.54) is 11.1 Å². The molecule has 2 aromatic carbocycles. The summed E-state index contributed by atoms with van der Waals surface area (Å²) in [5, 5.41) is 12.3. The Morgan fingerprint density at radius 1 is 1.06 bits per heavy atom. The van der Waals surface area contributed by atoms with Gasteiger partial charge in [0.25, 0.3) is 0 Å². The van der Waals surface area contributed by atoms with E-state index in [9.17, 15) is 9.59 Å². The summed E-state index contributed by atoms with van der Waals surface area (Å²) >= 11 is 0. The number of rotatable bonds is 11. The number of benzene rings is 2. The number of anilines is 2. The Morgan fingerprint density at radius 2 is 1.74 bits per heavy atom. The zero-order valence-corrected chi connectivity index (χ0v) is 28.6. The third-order valence-corrected chi connectivity index (χ3v) is 7.27. The standard InChI is InChI=1S/C21H26N4O.C16H22N4O/c1-20(2)10-16(11-21(3,4)25-20)15-9-18(19(22)23-12-15)14-5-7-17(8-6-14)24-13-26;1-14(12-21)10-20(11-16-8-6-5-7-9-16)13-19(4)18-15(2)17-3/h5-10,12-13,25H,11H2,1-4H3,(H2,22,23)(H,24,26);5-10,12H,3,11,13H2,1-2,4H3/b;14-10-,18-15-. The molecule has 0 bridgehead atoms. The van der Waals surface area contributed by atoms with Gasteiger partial charge in [-0.1, -0.05) is 48.5 Å². The molecule has 2 heterocycles. The molecule has 47 heavy (non-hydrogen) atoms. The Kier molecular flexibility index (Phi) is 12.7. The molecule has 4 rings (SSSR count). The number of nitrogens with one attached hydrogen (secondary N) is 2. The van der Waals surface area contributed by atoms with Gasteiger partial charge in [-0.25, -0.2) is 9.98 Å². The molecule has 0 atom stereocenters. The van der Waals surface area contributed by atoms with E-state index in [-0.39, 0.29) is 11.1 Å². The Labute approximate surface area is 279 Å². The van der Waals surface area contributed by atoms with Gasteiger partial charge in [0.15, 0.2) is 0 Å². The van der Waals surface area contributed by atoms with Crippen LogP contribution in [0.2, 0.25) is 0 Å². The number of hydrazone groups is 1. The van der Waals surface area contributed by atoms with E-state index < -0.39 is 0 Å². The smallest absolute Gasteiger partial charge is 0.211 e. The van der Waals surface area contributed by atoms with Crippen molar-refractivity contribution in [2.24, 2.45) is 10.1 Å². The molecule has 4 N–H and O–H groups in total. The number of nitrogens with zero attached hydrogens (tertiary/aromatic N) is 5. The molecule has 3 aromatic rings. The predicted molar refractivity (Wildman–Crippen MR) is 195 cm³/mol. The molecule has 1 aliphatic heterocycles. The van der Waals surface area contributed by atoms with Gasteiger partial charge < -0.3 is 21.3 Å². The SMILES string of the molecule is C=N/C(C)=N\N(C)CN(/C=C(/C)C=O)Cc1ccccc1.CC1(C)C=C(c2cnc(N)c(-c3ccc(NC=O)cc3)c2)CC(C)(C)N1. The summed E-state index contributed by atoms with van der Waals surface area (Å²) in [4.78, 5) is 31.6. The number of hydrogen-bond acceptors (Lipinski definition) is 8. The summed E-state index contributed by atoms with van der Waals surface area (Å²) in [7, 11) is 1.86. The monoisotopic (exact) mass is 636 g/mol. The highest BCUT2D eigenvalue weighted by Gasteiger charge is 2.32. The predicted octanol–water partition coefficient (Wildman–Crippen LogP) is 6.35. The van der Waals surface area contributed by atoms with Gasteiger partial charge in [-0.05, 0) is 95.1 Å². The number of aromatic nitrogens is 1. The molecule has 0 saturated carbocycles. The topological polar surface area (TPSA) is 128 Å². The first-order chi connectivity index (χ1) is 22.2. The Balaban J connectivity index is 0.000000262. The minimum absolute atomic E-state index is 0.0112. The highest BCUT2D eigenvalue weighted by atomic mass is 16.1. The molecule has 0 saturated heterocycles. The van der Waals surface area contributed by atoms with Gasteiger partial charge in [0.2, 0.25) is 6.41 Å². The average molecular weight is 637 g/mol. The van der Waals surface area contributed by atoms with Crippen LogP contribution in [0.25, 0.3) is 16.7 Å².